The smallest absolute Gasteiger partial charge is 0.287 e. The maximum Gasteiger partial charge on any atom is 0.287 e. The number of anilines is 1. The van der Waals surface area contributed by atoms with Crippen LogP contribution in [0.3, 0.4) is 0 Å². The number of ether oxygens (including phenoxy) is 3. The fraction of sp³-hybridized carbons (Fsp3) is 0.296. The van der Waals surface area contributed by atoms with Gasteiger partial charge in [0, 0.05) is 18.7 Å². The van der Waals surface area contributed by atoms with Gasteiger partial charge in [-0.2, -0.15) is 0 Å². The zero-order chi connectivity index (χ0) is 25.8. The van der Waals surface area contributed by atoms with Crippen LogP contribution in [0.15, 0.2) is 59.0 Å². The number of nitrogens with one attached hydrogen (secondary N) is 1. The Kier molecular flexibility index (Phi) is 7.18. The van der Waals surface area contributed by atoms with Crippen LogP contribution < -0.4 is 19.7 Å². The largest absolute Gasteiger partial charge is 0.482 e. The molecule has 3 heterocycles. The molecule has 37 heavy (non-hydrogen) atoms. The number of furan rings is 1. The van der Waals surface area contributed by atoms with E-state index in [2.05, 4.69) is 5.32 Å². The van der Waals surface area contributed by atoms with E-state index in [4.69, 9.17) is 18.6 Å². The number of para-hydroxylation sites is 1. The SMILES string of the molecule is O=C(COc1ccccc1F)c1ccc2c(c1)N(Cc1ccc(C(=O)NC[C@@H]3CCCO3)o1)C(=O)CO2. The number of amides is 2. The van der Waals surface area contributed by atoms with Crippen LogP contribution in [0.2, 0.25) is 0 Å². The number of hydrogen-bond acceptors (Lipinski definition) is 7. The van der Waals surface area contributed by atoms with Crippen LogP contribution in [0.4, 0.5) is 10.1 Å². The minimum atomic E-state index is -0.565. The first-order valence-electron chi connectivity index (χ1n) is 11.9. The molecule has 1 saturated heterocycles. The van der Waals surface area contributed by atoms with Gasteiger partial charge in [0.2, 0.25) is 0 Å². The predicted octanol–water partition coefficient (Wildman–Crippen LogP) is 3.51. The van der Waals surface area contributed by atoms with Crippen molar-refractivity contribution >= 4 is 23.3 Å². The van der Waals surface area contributed by atoms with Gasteiger partial charge >= 0.3 is 0 Å². The summed E-state index contributed by atoms with van der Waals surface area (Å²) in [6.07, 6.45) is 1.89. The molecule has 3 aromatic rings. The Hall–Kier alpha value is -4.18. The third-order valence-electron chi connectivity index (χ3n) is 6.13. The molecule has 9 nitrogen and oxygen atoms in total. The normalized spacial score (nSPS) is 16.7. The number of Topliss-reactive ketones (excluding diaryl/α,β-unsaturated/α-hetero) is 1. The number of carbonyl (C=O) groups is 3. The van der Waals surface area contributed by atoms with E-state index in [0.29, 0.717) is 30.3 Å². The Labute approximate surface area is 212 Å². The van der Waals surface area contributed by atoms with Crippen LogP contribution >= 0.6 is 0 Å². The highest BCUT2D eigenvalue weighted by molar-refractivity contribution is 6.02. The topological polar surface area (TPSA) is 107 Å². The first kappa shape index (κ1) is 24.5. The van der Waals surface area contributed by atoms with Gasteiger partial charge in [-0.1, -0.05) is 12.1 Å². The van der Waals surface area contributed by atoms with E-state index < -0.39 is 11.6 Å². The summed E-state index contributed by atoms with van der Waals surface area (Å²) >= 11 is 0. The summed E-state index contributed by atoms with van der Waals surface area (Å²) in [5.41, 5.74) is 0.654. The number of halogens is 1. The Morgan fingerprint density at radius 3 is 2.81 bits per heavy atom. The van der Waals surface area contributed by atoms with E-state index in [1.807, 2.05) is 0 Å². The van der Waals surface area contributed by atoms with Crippen molar-refractivity contribution in [1.29, 1.82) is 0 Å². The minimum Gasteiger partial charge on any atom is -0.482 e. The lowest BCUT2D eigenvalue weighted by atomic mass is 10.1. The van der Waals surface area contributed by atoms with Crippen molar-refractivity contribution in [2.45, 2.75) is 25.5 Å². The lowest BCUT2D eigenvalue weighted by Gasteiger charge is -2.29. The predicted molar refractivity (Wildman–Crippen MR) is 129 cm³/mol. The fourth-order valence-electron chi connectivity index (χ4n) is 4.18. The molecule has 0 unspecified atom stereocenters. The second-order valence-corrected chi connectivity index (χ2v) is 8.70. The molecule has 2 aliphatic heterocycles. The van der Waals surface area contributed by atoms with Crippen LogP contribution in [0, 0.1) is 5.82 Å². The van der Waals surface area contributed by atoms with Gasteiger partial charge < -0.3 is 23.9 Å². The number of benzene rings is 2. The number of nitrogens with zero attached hydrogens (tertiary/aromatic N) is 1. The quantitative estimate of drug-likeness (QED) is 0.441. The molecule has 0 aliphatic carbocycles. The second kappa shape index (κ2) is 10.8. The zero-order valence-electron chi connectivity index (χ0n) is 19.9. The summed E-state index contributed by atoms with van der Waals surface area (Å²) in [6.45, 7) is 0.592. The highest BCUT2D eigenvalue weighted by Gasteiger charge is 2.28. The average Bonchev–Trinajstić information content (AvgIpc) is 3.60. The number of hydrogen-bond donors (Lipinski definition) is 1. The molecular weight excluding hydrogens is 483 g/mol. The number of fused-ring (bicyclic) bond motifs is 1. The van der Waals surface area contributed by atoms with Crippen LogP contribution in [-0.2, 0) is 16.1 Å². The maximum absolute atomic E-state index is 13.8. The van der Waals surface area contributed by atoms with Gasteiger partial charge in [-0.25, -0.2) is 4.39 Å². The van der Waals surface area contributed by atoms with Crippen LogP contribution in [0.5, 0.6) is 11.5 Å². The summed E-state index contributed by atoms with van der Waals surface area (Å²) in [7, 11) is 0. The third kappa shape index (κ3) is 5.64. The van der Waals surface area contributed by atoms with E-state index >= 15 is 0 Å². The second-order valence-electron chi connectivity index (χ2n) is 8.70. The molecule has 2 aromatic carbocycles. The van der Waals surface area contributed by atoms with Crippen molar-refractivity contribution < 1.29 is 37.4 Å². The lowest BCUT2D eigenvalue weighted by molar-refractivity contribution is -0.121. The lowest BCUT2D eigenvalue weighted by Crippen LogP contribution is -2.38. The average molecular weight is 509 g/mol. The van der Waals surface area contributed by atoms with E-state index in [1.54, 1.807) is 30.3 Å². The Morgan fingerprint density at radius 2 is 2.00 bits per heavy atom. The van der Waals surface area contributed by atoms with Gasteiger partial charge in [0.1, 0.15) is 11.5 Å². The van der Waals surface area contributed by atoms with Crippen LogP contribution in [0.25, 0.3) is 0 Å². The van der Waals surface area contributed by atoms with Gasteiger partial charge in [0.25, 0.3) is 11.8 Å². The molecule has 2 amide bonds. The highest BCUT2D eigenvalue weighted by Crippen LogP contribution is 2.34. The van der Waals surface area contributed by atoms with Crippen molar-refractivity contribution in [2.75, 3.05) is 31.3 Å². The monoisotopic (exact) mass is 508 g/mol. The van der Waals surface area contributed by atoms with Gasteiger partial charge in [0.15, 0.2) is 36.3 Å². The van der Waals surface area contributed by atoms with Crippen LogP contribution in [0.1, 0.15) is 39.5 Å². The molecule has 5 rings (SSSR count). The molecule has 0 radical (unpaired) electrons. The fourth-order valence-corrected chi connectivity index (χ4v) is 4.18. The summed E-state index contributed by atoms with van der Waals surface area (Å²) in [4.78, 5) is 39.3. The van der Waals surface area contributed by atoms with Crippen molar-refractivity contribution in [1.82, 2.24) is 5.32 Å². The number of ketones is 1. The van der Waals surface area contributed by atoms with Crippen molar-refractivity contribution in [2.24, 2.45) is 0 Å². The summed E-state index contributed by atoms with van der Waals surface area (Å²) in [6, 6.07) is 13.7. The molecule has 1 atom stereocenters. The molecule has 0 spiro atoms. The zero-order valence-corrected chi connectivity index (χ0v) is 19.9. The molecule has 1 fully saturated rings. The minimum absolute atomic E-state index is 0.00915. The Bertz CT molecular complexity index is 1320. The van der Waals surface area contributed by atoms with E-state index in [1.165, 1.54) is 29.2 Å². The first-order chi connectivity index (χ1) is 18.0. The van der Waals surface area contributed by atoms with Crippen molar-refractivity contribution in [3.63, 3.8) is 0 Å². The third-order valence-corrected chi connectivity index (χ3v) is 6.13. The van der Waals surface area contributed by atoms with Crippen LogP contribution in [-0.4, -0.2) is 50.1 Å². The molecule has 1 N–H and O–H groups in total. The standard InChI is InChI=1S/C27H25FN2O7/c28-20-5-1-2-6-23(20)35-15-22(31)17-7-9-24-21(12-17)30(26(32)16-36-24)14-19-8-10-25(37-19)27(33)29-13-18-4-3-11-34-18/h1-2,5-10,12,18H,3-4,11,13-16H2,(H,29,33)/t18-/m0/s1. The van der Waals surface area contributed by atoms with Gasteiger partial charge in [0.05, 0.1) is 18.3 Å². The molecule has 192 valence electrons. The summed E-state index contributed by atoms with van der Waals surface area (Å²) < 4.78 is 35.8. The van der Waals surface area contributed by atoms with E-state index in [0.717, 1.165) is 12.8 Å². The Morgan fingerprint density at radius 1 is 1.14 bits per heavy atom. The summed E-state index contributed by atoms with van der Waals surface area (Å²) in [5.74, 6) is -0.740. The highest BCUT2D eigenvalue weighted by atomic mass is 19.1. The van der Waals surface area contributed by atoms with Gasteiger partial charge in [-0.15, -0.1) is 0 Å². The summed E-state index contributed by atoms with van der Waals surface area (Å²) in [5, 5.41) is 2.80. The molecule has 0 saturated carbocycles. The van der Waals surface area contributed by atoms with Gasteiger partial charge in [-0.3, -0.25) is 19.3 Å². The first-order valence-corrected chi connectivity index (χ1v) is 11.9. The van der Waals surface area contributed by atoms with E-state index in [9.17, 15) is 18.8 Å². The van der Waals surface area contributed by atoms with Gasteiger partial charge in [-0.05, 0) is 55.3 Å². The molecule has 10 heteroatoms. The van der Waals surface area contributed by atoms with E-state index in [-0.39, 0.29) is 54.8 Å². The van der Waals surface area contributed by atoms with Crippen molar-refractivity contribution in [3.8, 4) is 11.5 Å². The van der Waals surface area contributed by atoms with Crippen molar-refractivity contribution in [3.05, 3.63) is 77.5 Å². The molecule has 1 aromatic heterocycles. The maximum atomic E-state index is 13.8. The number of rotatable bonds is 9. The molecule has 2 aliphatic rings. The number of carbonyl (C=O) groups excluding carboxylic acids is 3. The molecule has 0 bridgehead atoms. The molecular formula is C27H25FN2O7. The Balaban J connectivity index is 1.26.